The summed E-state index contributed by atoms with van der Waals surface area (Å²) in [4.78, 5) is 25.7. The lowest BCUT2D eigenvalue weighted by molar-refractivity contribution is -0.139. The van der Waals surface area contributed by atoms with Crippen molar-refractivity contribution in [3.05, 3.63) is 88.9 Å². The number of hydrogen-bond acceptors (Lipinski definition) is 5. The van der Waals surface area contributed by atoms with Crippen molar-refractivity contribution in [2.24, 2.45) is 0 Å². The number of ether oxygens (including phenoxy) is 1. The molecule has 0 fully saturated rings. The van der Waals surface area contributed by atoms with Crippen LogP contribution in [-0.2, 0) is 21.4 Å². The van der Waals surface area contributed by atoms with Crippen LogP contribution in [0.1, 0.15) is 28.8 Å². The van der Waals surface area contributed by atoms with Gasteiger partial charge in [-0.05, 0) is 73.0 Å². The number of carboxylic acid groups (broad SMARTS) is 1. The largest absolute Gasteiger partial charge is 0.480 e. The number of benzene rings is 3. The van der Waals surface area contributed by atoms with Gasteiger partial charge in [0.05, 0.1) is 4.90 Å². The topological polar surface area (TPSA) is 113 Å². The van der Waals surface area contributed by atoms with E-state index in [0.29, 0.717) is 41.6 Å². The minimum absolute atomic E-state index is 0.0342. The minimum Gasteiger partial charge on any atom is -0.480 e. The highest BCUT2D eigenvalue weighted by atomic mass is 35.5. The van der Waals surface area contributed by atoms with Gasteiger partial charge in [-0.25, -0.2) is 8.42 Å². The van der Waals surface area contributed by atoms with E-state index in [-0.39, 0.29) is 17.2 Å². The number of halogens is 1. The molecule has 0 spiro atoms. The van der Waals surface area contributed by atoms with Gasteiger partial charge < -0.3 is 14.7 Å². The number of sulfonamides is 1. The summed E-state index contributed by atoms with van der Waals surface area (Å²) >= 11 is 5.85. The average Bonchev–Trinajstić information content (AvgIpc) is 3.15. The number of carbonyl (C=O) groups excluding carboxylic acids is 1. The van der Waals surface area contributed by atoms with Crippen LogP contribution in [0.15, 0.2) is 77.7 Å². The fourth-order valence-corrected chi connectivity index (χ4v) is 5.14. The molecule has 2 N–H and O–H groups in total. The van der Waals surface area contributed by atoms with Crippen LogP contribution in [-0.4, -0.2) is 42.9 Å². The van der Waals surface area contributed by atoms with Crippen molar-refractivity contribution in [2.75, 3.05) is 6.54 Å². The lowest BCUT2D eigenvalue weighted by Crippen LogP contribution is -2.41. The van der Waals surface area contributed by atoms with Crippen molar-refractivity contribution in [3.8, 4) is 11.5 Å². The zero-order chi connectivity index (χ0) is 25.0. The molecule has 0 bridgehead atoms. The summed E-state index contributed by atoms with van der Waals surface area (Å²) < 4.78 is 33.5. The Hall–Kier alpha value is -3.40. The maximum absolute atomic E-state index is 12.8. The van der Waals surface area contributed by atoms with Gasteiger partial charge in [0.15, 0.2) is 0 Å². The normalized spacial score (nSPS) is 14.0. The van der Waals surface area contributed by atoms with Crippen LogP contribution < -0.4 is 9.46 Å². The van der Waals surface area contributed by atoms with Crippen molar-refractivity contribution in [2.45, 2.75) is 30.3 Å². The Balaban J connectivity index is 1.34. The molecule has 0 aliphatic carbocycles. The molecule has 4 rings (SSSR count). The van der Waals surface area contributed by atoms with Gasteiger partial charge in [-0.15, -0.1) is 0 Å². The highest BCUT2D eigenvalue weighted by molar-refractivity contribution is 7.89. The Bertz CT molecular complexity index is 1330. The summed E-state index contributed by atoms with van der Waals surface area (Å²) in [6.45, 7) is 0.790. The van der Waals surface area contributed by atoms with Crippen molar-refractivity contribution >= 4 is 33.5 Å². The fourth-order valence-electron chi connectivity index (χ4n) is 3.80. The first kappa shape index (κ1) is 24.7. The van der Waals surface area contributed by atoms with Gasteiger partial charge in [0.1, 0.15) is 17.5 Å². The molecule has 3 aromatic carbocycles. The maximum atomic E-state index is 12.8. The van der Waals surface area contributed by atoms with Crippen molar-refractivity contribution in [1.82, 2.24) is 9.62 Å². The molecule has 1 heterocycles. The summed E-state index contributed by atoms with van der Waals surface area (Å²) in [6.07, 6.45) is 0.361. The molecule has 0 aromatic heterocycles. The number of carboxylic acids is 1. The van der Waals surface area contributed by atoms with Crippen LogP contribution in [0.2, 0.25) is 5.02 Å². The van der Waals surface area contributed by atoms with E-state index in [1.165, 1.54) is 24.3 Å². The smallest absolute Gasteiger partial charge is 0.321 e. The summed E-state index contributed by atoms with van der Waals surface area (Å²) in [5.41, 5.74) is 1.57. The molecule has 0 saturated heterocycles. The van der Waals surface area contributed by atoms with Crippen LogP contribution in [0.4, 0.5) is 0 Å². The molecule has 8 nitrogen and oxygen atoms in total. The molecule has 1 aliphatic heterocycles. The Labute approximate surface area is 208 Å². The molecule has 3 aromatic rings. The summed E-state index contributed by atoms with van der Waals surface area (Å²) in [5, 5.41) is 10.1. The molecule has 10 heteroatoms. The van der Waals surface area contributed by atoms with Gasteiger partial charge in [0.25, 0.3) is 5.91 Å². The van der Waals surface area contributed by atoms with E-state index in [2.05, 4.69) is 4.72 Å². The van der Waals surface area contributed by atoms with Gasteiger partial charge in [0.2, 0.25) is 10.0 Å². The highest BCUT2D eigenvalue weighted by Gasteiger charge is 2.28. The predicted molar refractivity (Wildman–Crippen MR) is 130 cm³/mol. The summed E-state index contributed by atoms with van der Waals surface area (Å²) in [6, 6.07) is 18.3. The van der Waals surface area contributed by atoms with E-state index < -0.39 is 22.0 Å². The van der Waals surface area contributed by atoms with Crippen LogP contribution in [0, 0.1) is 0 Å². The monoisotopic (exact) mass is 514 g/mol. The number of hydrogen-bond donors (Lipinski definition) is 2. The Morgan fingerprint density at radius 3 is 2.29 bits per heavy atom. The third-order valence-corrected chi connectivity index (χ3v) is 7.34. The predicted octanol–water partition coefficient (Wildman–Crippen LogP) is 4.30. The Morgan fingerprint density at radius 2 is 1.66 bits per heavy atom. The standard InChI is InChI=1S/C25H23ClN2O6S/c26-18-7-9-19(10-8-18)34-20-11-13-21(14-12-20)35(32,33)27-23(25(30)31)6-3-15-28-16-17-4-1-2-5-22(17)24(28)29/h1-2,4-5,7-14,23,27H,3,6,15-16H2,(H,30,31)/t23-/m0/s1. The van der Waals surface area contributed by atoms with Crippen molar-refractivity contribution < 1.29 is 27.9 Å². The number of carbonyl (C=O) groups is 2. The molecule has 0 unspecified atom stereocenters. The molecule has 1 amide bonds. The second-order valence-electron chi connectivity index (χ2n) is 8.07. The minimum atomic E-state index is -4.09. The fraction of sp³-hybridized carbons (Fsp3) is 0.200. The molecule has 1 aliphatic rings. The van der Waals surface area contributed by atoms with E-state index in [1.807, 2.05) is 12.1 Å². The lowest BCUT2D eigenvalue weighted by Gasteiger charge is -2.18. The Kier molecular flexibility index (Phi) is 7.39. The van der Waals surface area contributed by atoms with Gasteiger partial charge >= 0.3 is 5.97 Å². The zero-order valence-corrected chi connectivity index (χ0v) is 20.1. The van der Waals surface area contributed by atoms with Crippen LogP contribution in [0.25, 0.3) is 0 Å². The second-order valence-corrected chi connectivity index (χ2v) is 10.2. The third-order valence-electron chi connectivity index (χ3n) is 5.60. The van der Waals surface area contributed by atoms with E-state index in [4.69, 9.17) is 16.3 Å². The number of fused-ring (bicyclic) bond motifs is 1. The highest BCUT2D eigenvalue weighted by Crippen LogP contribution is 2.25. The number of amides is 1. The molecule has 1 atom stereocenters. The zero-order valence-electron chi connectivity index (χ0n) is 18.6. The first-order valence-electron chi connectivity index (χ1n) is 10.9. The number of rotatable bonds is 10. The number of aliphatic carboxylic acids is 1. The average molecular weight is 515 g/mol. The first-order valence-corrected chi connectivity index (χ1v) is 12.7. The van der Waals surface area contributed by atoms with Crippen LogP contribution in [0.5, 0.6) is 11.5 Å². The van der Waals surface area contributed by atoms with Gasteiger partial charge in [-0.3, -0.25) is 9.59 Å². The van der Waals surface area contributed by atoms with E-state index in [9.17, 15) is 23.1 Å². The summed E-state index contributed by atoms with van der Waals surface area (Å²) in [5.74, 6) is -0.438. The third kappa shape index (κ3) is 6.00. The lowest BCUT2D eigenvalue weighted by atomic mass is 10.1. The van der Waals surface area contributed by atoms with Gasteiger partial charge in [-0.2, -0.15) is 4.72 Å². The molecule has 35 heavy (non-hydrogen) atoms. The number of nitrogens with one attached hydrogen (secondary N) is 1. The molecular formula is C25H23ClN2O6S. The number of nitrogens with zero attached hydrogens (tertiary/aromatic N) is 1. The van der Waals surface area contributed by atoms with Crippen molar-refractivity contribution in [3.63, 3.8) is 0 Å². The van der Waals surface area contributed by atoms with Crippen molar-refractivity contribution in [1.29, 1.82) is 0 Å². The van der Waals surface area contributed by atoms with Crippen LogP contribution >= 0.6 is 11.6 Å². The Morgan fingerprint density at radius 1 is 1.03 bits per heavy atom. The molecule has 182 valence electrons. The first-order chi connectivity index (χ1) is 16.7. The van der Waals surface area contributed by atoms with Gasteiger partial charge in [-0.1, -0.05) is 29.8 Å². The summed E-state index contributed by atoms with van der Waals surface area (Å²) in [7, 11) is -4.09. The molecule has 0 saturated carbocycles. The van der Waals surface area contributed by atoms with Gasteiger partial charge in [0, 0.05) is 23.7 Å². The quantitative estimate of drug-likeness (QED) is 0.417. The molecular weight excluding hydrogens is 492 g/mol. The maximum Gasteiger partial charge on any atom is 0.321 e. The van der Waals surface area contributed by atoms with Crippen LogP contribution in [0.3, 0.4) is 0 Å². The second kappa shape index (κ2) is 10.5. The molecule has 0 radical (unpaired) electrons. The van der Waals surface area contributed by atoms with E-state index in [0.717, 1.165) is 5.56 Å². The SMILES string of the molecule is O=C(O)[C@H](CCCN1Cc2ccccc2C1=O)NS(=O)(=O)c1ccc(Oc2ccc(Cl)cc2)cc1. The van der Waals surface area contributed by atoms with E-state index >= 15 is 0 Å². The van der Waals surface area contributed by atoms with E-state index in [1.54, 1.807) is 41.3 Å².